The van der Waals surface area contributed by atoms with Crippen molar-refractivity contribution in [3.05, 3.63) is 0 Å². The Balaban J connectivity index is 3.33. The minimum absolute atomic E-state index is 0.132. The average Bonchev–Trinajstić information content (AvgIpc) is 2.17. The SMILES string of the molecule is CC(C)CCCC(C)OCCC(C)C=O. The Bertz CT molecular complexity index is 155. The van der Waals surface area contributed by atoms with Crippen molar-refractivity contribution in [3.8, 4) is 0 Å². The van der Waals surface area contributed by atoms with E-state index in [-0.39, 0.29) is 5.92 Å². The molecule has 0 aliphatic rings. The van der Waals surface area contributed by atoms with Crippen LogP contribution in [-0.2, 0) is 9.53 Å². The molecular formula is C13H26O2. The highest BCUT2D eigenvalue weighted by Gasteiger charge is 2.05. The van der Waals surface area contributed by atoms with Gasteiger partial charge in [0.15, 0.2) is 0 Å². The Morgan fingerprint density at radius 2 is 1.73 bits per heavy atom. The number of aldehydes is 1. The lowest BCUT2D eigenvalue weighted by molar-refractivity contribution is -0.111. The molecule has 0 fully saturated rings. The van der Waals surface area contributed by atoms with E-state index in [1.54, 1.807) is 0 Å². The van der Waals surface area contributed by atoms with Gasteiger partial charge in [-0.15, -0.1) is 0 Å². The number of ether oxygens (including phenoxy) is 1. The normalized spacial score (nSPS) is 15.3. The van der Waals surface area contributed by atoms with Gasteiger partial charge < -0.3 is 9.53 Å². The Kier molecular flexibility index (Phi) is 8.68. The summed E-state index contributed by atoms with van der Waals surface area (Å²) in [5.41, 5.74) is 0. The van der Waals surface area contributed by atoms with Crippen LogP contribution in [0.2, 0.25) is 0 Å². The molecule has 2 heteroatoms. The molecule has 0 aromatic carbocycles. The van der Waals surface area contributed by atoms with Crippen LogP contribution in [0.1, 0.15) is 53.4 Å². The van der Waals surface area contributed by atoms with Crippen molar-refractivity contribution in [2.45, 2.75) is 59.5 Å². The summed E-state index contributed by atoms with van der Waals surface area (Å²) in [7, 11) is 0. The van der Waals surface area contributed by atoms with Crippen LogP contribution in [-0.4, -0.2) is 19.0 Å². The highest BCUT2D eigenvalue weighted by Crippen LogP contribution is 2.10. The summed E-state index contributed by atoms with van der Waals surface area (Å²) < 4.78 is 5.64. The minimum atomic E-state index is 0.132. The van der Waals surface area contributed by atoms with Gasteiger partial charge in [-0.1, -0.05) is 33.6 Å². The fourth-order valence-electron chi connectivity index (χ4n) is 1.42. The summed E-state index contributed by atoms with van der Waals surface area (Å²) in [6, 6.07) is 0. The van der Waals surface area contributed by atoms with Crippen molar-refractivity contribution in [3.63, 3.8) is 0 Å². The first-order chi connectivity index (χ1) is 7.06. The molecule has 0 heterocycles. The van der Waals surface area contributed by atoms with Gasteiger partial charge >= 0.3 is 0 Å². The van der Waals surface area contributed by atoms with Crippen molar-refractivity contribution < 1.29 is 9.53 Å². The summed E-state index contributed by atoms with van der Waals surface area (Å²) in [5, 5.41) is 0. The quantitative estimate of drug-likeness (QED) is 0.550. The first-order valence-electron chi connectivity index (χ1n) is 6.13. The highest BCUT2D eigenvalue weighted by atomic mass is 16.5. The van der Waals surface area contributed by atoms with Gasteiger partial charge in [-0.3, -0.25) is 0 Å². The first-order valence-corrected chi connectivity index (χ1v) is 6.13. The second-order valence-corrected chi connectivity index (χ2v) is 4.91. The van der Waals surface area contributed by atoms with Crippen LogP contribution < -0.4 is 0 Å². The molecule has 0 radical (unpaired) electrons. The van der Waals surface area contributed by atoms with Gasteiger partial charge in [-0.2, -0.15) is 0 Å². The van der Waals surface area contributed by atoms with E-state index in [0.717, 1.165) is 25.0 Å². The van der Waals surface area contributed by atoms with E-state index < -0.39 is 0 Å². The second kappa shape index (κ2) is 8.90. The lowest BCUT2D eigenvalue weighted by atomic mass is 10.0. The van der Waals surface area contributed by atoms with Crippen molar-refractivity contribution >= 4 is 6.29 Å². The van der Waals surface area contributed by atoms with Gasteiger partial charge in [0.05, 0.1) is 6.10 Å². The molecule has 0 spiro atoms. The van der Waals surface area contributed by atoms with Gasteiger partial charge in [0, 0.05) is 12.5 Å². The topological polar surface area (TPSA) is 26.3 Å². The monoisotopic (exact) mass is 214 g/mol. The maximum absolute atomic E-state index is 10.4. The van der Waals surface area contributed by atoms with Crippen LogP contribution in [0.4, 0.5) is 0 Å². The van der Waals surface area contributed by atoms with E-state index in [4.69, 9.17) is 4.74 Å². The maximum Gasteiger partial charge on any atom is 0.122 e. The van der Waals surface area contributed by atoms with E-state index in [1.807, 2.05) is 6.92 Å². The lowest BCUT2D eigenvalue weighted by Gasteiger charge is -2.14. The molecule has 2 nitrogen and oxygen atoms in total. The van der Waals surface area contributed by atoms with Gasteiger partial charge in [0.25, 0.3) is 0 Å². The molecule has 0 aliphatic heterocycles. The standard InChI is InChI=1S/C13H26O2/c1-11(2)6-5-7-13(4)15-9-8-12(3)10-14/h10-13H,5-9H2,1-4H3. The number of carbonyl (C=O) groups excluding carboxylic acids is 1. The first kappa shape index (κ1) is 14.6. The largest absolute Gasteiger partial charge is 0.378 e. The van der Waals surface area contributed by atoms with Crippen LogP contribution in [0.5, 0.6) is 0 Å². The fourth-order valence-corrected chi connectivity index (χ4v) is 1.42. The third kappa shape index (κ3) is 9.92. The highest BCUT2D eigenvalue weighted by molar-refractivity contribution is 5.52. The molecule has 0 saturated carbocycles. The van der Waals surface area contributed by atoms with Gasteiger partial charge in [0.2, 0.25) is 0 Å². The van der Waals surface area contributed by atoms with Crippen LogP contribution in [0.25, 0.3) is 0 Å². The zero-order valence-corrected chi connectivity index (χ0v) is 10.7. The number of carbonyl (C=O) groups is 1. The Morgan fingerprint density at radius 1 is 1.07 bits per heavy atom. The Labute approximate surface area is 94.4 Å². The molecule has 0 saturated heterocycles. The Hall–Kier alpha value is -0.370. The van der Waals surface area contributed by atoms with E-state index in [1.165, 1.54) is 12.8 Å². The van der Waals surface area contributed by atoms with Gasteiger partial charge in [-0.25, -0.2) is 0 Å². The summed E-state index contributed by atoms with van der Waals surface area (Å²) in [5.74, 6) is 0.917. The predicted octanol–water partition coefficient (Wildman–Crippen LogP) is 3.44. The van der Waals surface area contributed by atoms with Crippen molar-refractivity contribution in [2.75, 3.05) is 6.61 Å². The van der Waals surface area contributed by atoms with Crippen LogP contribution >= 0.6 is 0 Å². The predicted molar refractivity (Wildman–Crippen MR) is 63.9 cm³/mol. The molecule has 0 amide bonds. The van der Waals surface area contributed by atoms with Crippen LogP contribution in [0, 0.1) is 11.8 Å². The van der Waals surface area contributed by atoms with Crippen LogP contribution in [0.3, 0.4) is 0 Å². The third-order valence-corrected chi connectivity index (χ3v) is 2.60. The van der Waals surface area contributed by atoms with E-state index in [0.29, 0.717) is 12.7 Å². The zero-order valence-electron chi connectivity index (χ0n) is 10.7. The molecular weight excluding hydrogens is 188 g/mol. The summed E-state index contributed by atoms with van der Waals surface area (Å²) in [4.78, 5) is 10.4. The van der Waals surface area contributed by atoms with Crippen molar-refractivity contribution in [2.24, 2.45) is 11.8 Å². The Morgan fingerprint density at radius 3 is 2.27 bits per heavy atom. The zero-order chi connectivity index (χ0) is 11.7. The molecule has 0 aromatic rings. The number of rotatable bonds is 9. The van der Waals surface area contributed by atoms with E-state index in [2.05, 4.69) is 20.8 Å². The molecule has 15 heavy (non-hydrogen) atoms. The van der Waals surface area contributed by atoms with E-state index in [9.17, 15) is 4.79 Å². The smallest absolute Gasteiger partial charge is 0.122 e. The molecule has 0 aromatic heterocycles. The summed E-state index contributed by atoms with van der Waals surface area (Å²) in [6.45, 7) is 9.25. The second-order valence-electron chi connectivity index (χ2n) is 4.91. The number of hydrogen-bond donors (Lipinski definition) is 0. The molecule has 2 unspecified atom stereocenters. The summed E-state index contributed by atoms with van der Waals surface area (Å²) >= 11 is 0. The van der Waals surface area contributed by atoms with Gasteiger partial charge in [-0.05, 0) is 25.7 Å². The van der Waals surface area contributed by atoms with Crippen molar-refractivity contribution in [1.29, 1.82) is 0 Å². The lowest BCUT2D eigenvalue weighted by Crippen LogP contribution is -2.11. The molecule has 90 valence electrons. The average molecular weight is 214 g/mol. The third-order valence-electron chi connectivity index (χ3n) is 2.60. The maximum atomic E-state index is 10.4. The summed E-state index contributed by atoms with van der Waals surface area (Å²) in [6.07, 6.45) is 5.82. The molecule has 0 bridgehead atoms. The number of hydrogen-bond acceptors (Lipinski definition) is 2. The molecule has 0 rings (SSSR count). The molecule has 0 aliphatic carbocycles. The molecule has 0 N–H and O–H groups in total. The molecule has 2 atom stereocenters. The van der Waals surface area contributed by atoms with E-state index >= 15 is 0 Å². The van der Waals surface area contributed by atoms with Crippen LogP contribution in [0.15, 0.2) is 0 Å². The minimum Gasteiger partial charge on any atom is -0.378 e. The van der Waals surface area contributed by atoms with Crippen molar-refractivity contribution in [1.82, 2.24) is 0 Å². The fraction of sp³-hybridized carbons (Fsp3) is 0.923. The van der Waals surface area contributed by atoms with Gasteiger partial charge in [0.1, 0.15) is 6.29 Å².